The summed E-state index contributed by atoms with van der Waals surface area (Å²) < 4.78 is 49.6. The highest BCUT2D eigenvalue weighted by Crippen LogP contribution is 2.23. The predicted molar refractivity (Wildman–Crippen MR) is 84.5 cm³/mol. The summed E-state index contributed by atoms with van der Waals surface area (Å²) >= 11 is 0. The summed E-state index contributed by atoms with van der Waals surface area (Å²) in [5.41, 5.74) is 7.43. The van der Waals surface area contributed by atoms with Crippen LogP contribution in [0.3, 0.4) is 0 Å². The molecule has 1 aromatic rings. The van der Waals surface area contributed by atoms with Gasteiger partial charge in [-0.2, -0.15) is 13.2 Å². The van der Waals surface area contributed by atoms with Crippen molar-refractivity contribution in [2.24, 2.45) is 5.73 Å². The highest BCUT2D eigenvalue weighted by atomic mass is 19.4. The topological polar surface area (TPSA) is 92.9 Å². The van der Waals surface area contributed by atoms with Crippen LogP contribution in [-0.2, 0) is 11.2 Å². The Balaban J connectivity index is 0.000000412. The van der Waals surface area contributed by atoms with E-state index in [0.717, 1.165) is 12.0 Å². The number of fused-ring (bicyclic) bond motifs is 1. The first-order valence-corrected chi connectivity index (χ1v) is 7.39. The predicted octanol–water partition coefficient (Wildman–Crippen LogP) is 2.14. The van der Waals surface area contributed by atoms with Crippen LogP contribution in [0.25, 0.3) is 0 Å². The number of halogens is 4. The Labute approximate surface area is 146 Å². The van der Waals surface area contributed by atoms with Gasteiger partial charge in [-0.3, -0.25) is 4.79 Å². The average Bonchev–Trinajstić information content (AvgIpc) is 2.59. The molecule has 2 rings (SSSR count). The van der Waals surface area contributed by atoms with Gasteiger partial charge in [0.1, 0.15) is 12.4 Å². The van der Waals surface area contributed by atoms with E-state index in [9.17, 15) is 22.4 Å². The highest BCUT2D eigenvalue weighted by Gasteiger charge is 2.38. The number of carboxylic acids is 1. The molecule has 144 valence electrons. The van der Waals surface area contributed by atoms with E-state index in [1.54, 1.807) is 24.1 Å². The molecule has 10 heteroatoms. The summed E-state index contributed by atoms with van der Waals surface area (Å²) in [6, 6.07) is 5.32. The molecule has 0 unspecified atom stereocenters. The number of ether oxygens (including phenoxy) is 1. The van der Waals surface area contributed by atoms with E-state index in [1.807, 2.05) is 6.07 Å². The number of amides is 1. The zero-order valence-electron chi connectivity index (χ0n) is 13.8. The number of nitrogens with two attached hydrogens (primary N) is 1. The Bertz CT molecular complexity index is 689. The van der Waals surface area contributed by atoms with Crippen molar-refractivity contribution < 1.29 is 37.0 Å². The van der Waals surface area contributed by atoms with Crippen molar-refractivity contribution in [1.29, 1.82) is 0 Å². The molecule has 3 N–H and O–H groups in total. The maximum atomic E-state index is 12.4. The van der Waals surface area contributed by atoms with Gasteiger partial charge < -0.3 is 20.5 Å². The van der Waals surface area contributed by atoms with Crippen LogP contribution in [0, 0.1) is 0 Å². The summed E-state index contributed by atoms with van der Waals surface area (Å²) in [4.78, 5) is 22.5. The summed E-state index contributed by atoms with van der Waals surface area (Å²) in [5.74, 6) is -2.10. The third-order valence-corrected chi connectivity index (χ3v) is 3.45. The summed E-state index contributed by atoms with van der Waals surface area (Å²) in [7, 11) is 1.79. The molecule has 0 radical (unpaired) electrons. The molecule has 0 atom stereocenters. The number of likely N-dealkylation sites (N-methyl/N-ethyl adjacent to an activating group) is 1. The maximum Gasteiger partial charge on any atom is 0.490 e. The van der Waals surface area contributed by atoms with Crippen molar-refractivity contribution >= 4 is 11.9 Å². The van der Waals surface area contributed by atoms with Gasteiger partial charge in [-0.15, -0.1) is 0 Å². The van der Waals surface area contributed by atoms with Crippen LogP contribution in [0.5, 0.6) is 5.75 Å². The lowest BCUT2D eigenvalue weighted by Crippen LogP contribution is -2.34. The molecule has 1 aliphatic heterocycles. The summed E-state index contributed by atoms with van der Waals surface area (Å²) in [5, 5.41) is 7.12. The lowest BCUT2D eigenvalue weighted by atomic mass is 9.99. The van der Waals surface area contributed by atoms with Gasteiger partial charge in [-0.1, -0.05) is 0 Å². The maximum absolute atomic E-state index is 12.4. The molecule has 26 heavy (non-hydrogen) atoms. The molecule has 0 bridgehead atoms. The van der Waals surface area contributed by atoms with Crippen LogP contribution in [0.15, 0.2) is 30.1 Å². The van der Waals surface area contributed by atoms with Crippen LogP contribution >= 0.6 is 0 Å². The lowest BCUT2D eigenvalue weighted by Gasteiger charge is -2.25. The van der Waals surface area contributed by atoms with E-state index in [-0.39, 0.29) is 19.1 Å². The second kappa shape index (κ2) is 9.18. The summed E-state index contributed by atoms with van der Waals surface area (Å²) in [6.07, 6.45) is -3.81. The molecule has 0 spiro atoms. The zero-order chi connectivity index (χ0) is 19.9. The van der Waals surface area contributed by atoms with E-state index in [1.165, 1.54) is 0 Å². The van der Waals surface area contributed by atoms with Gasteiger partial charge >= 0.3 is 12.1 Å². The standard InChI is InChI=1S/C14H17FN2O2.C2HF3O2/c1-17-5-4-11-6-12(2-3-13(11)14(17)18)19-9-10(7-15)8-16;3-2(4,5)1(6)7/h2-3,6-7H,4-5,8-9,16H2,1H3;(H,6,7). The molecule has 1 aliphatic rings. The number of rotatable bonds is 4. The van der Waals surface area contributed by atoms with E-state index < -0.39 is 12.1 Å². The number of carbonyl (C=O) groups excluding carboxylic acids is 1. The Kier molecular flexibility index (Phi) is 7.56. The molecule has 0 fully saturated rings. The minimum absolute atomic E-state index is 0.0269. The Morgan fingerprint density at radius 1 is 1.42 bits per heavy atom. The first-order chi connectivity index (χ1) is 12.1. The Hall–Kier alpha value is -2.62. The van der Waals surface area contributed by atoms with Gasteiger partial charge in [0, 0.05) is 31.3 Å². The van der Waals surface area contributed by atoms with Crippen molar-refractivity contribution in [2.45, 2.75) is 12.6 Å². The van der Waals surface area contributed by atoms with Gasteiger partial charge in [0.15, 0.2) is 0 Å². The Morgan fingerprint density at radius 3 is 2.54 bits per heavy atom. The van der Waals surface area contributed by atoms with Gasteiger partial charge in [-0.05, 0) is 30.2 Å². The minimum atomic E-state index is -5.08. The summed E-state index contributed by atoms with van der Waals surface area (Å²) in [6.45, 7) is 0.956. The third-order valence-electron chi connectivity index (χ3n) is 3.45. The number of benzene rings is 1. The minimum Gasteiger partial charge on any atom is -0.489 e. The highest BCUT2D eigenvalue weighted by molar-refractivity contribution is 5.96. The normalized spacial score (nSPS) is 14.3. The van der Waals surface area contributed by atoms with Crippen LogP contribution < -0.4 is 10.5 Å². The molecular weight excluding hydrogens is 360 g/mol. The Morgan fingerprint density at radius 2 is 2.04 bits per heavy atom. The largest absolute Gasteiger partial charge is 0.490 e. The van der Waals surface area contributed by atoms with Crippen LogP contribution in [0.1, 0.15) is 15.9 Å². The monoisotopic (exact) mass is 378 g/mol. The van der Waals surface area contributed by atoms with E-state index in [0.29, 0.717) is 29.8 Å². The smallest absolute Gasteiger partial charge is 0.489 e. The van der Waals surface area contributed by atoms with Crippen LogP contribution in [0.4, 0.5) is 17.6 Å². The number of carbonyl (C=O) groups is 2. The molecule has 1 amide bonds. The number of hydrogen-bond donors (Lipinski definition) is 2. The molecule has 0 saturated carbocycles. The zero-order valence-corrected chi connectivity index (χ0v) is 13.8. The van der Waals surface area contributed by atoms with E-state index >= 15 is 0 Å². The van der Waals surface area contributed by atoms with Crippen molar-refractivity contribution in [2.75, 3.05) is 26.7 Å². The van der Waals surface area contributed by atoms with Gasteiger partial charge in [0.05, 0.1) is 6.33 Å². The van der Waals surface area contributed by atoms with Gasteiger partial charge in [0.2, 0.25) is 0 Å². The van der Waals surface area contributed by atoms with Crippen molar-refractivity contribution in [3.8, 4) is 5.75 Å². The van der Waals surface area contributed by atoms with E-state index in [4.69, 9.17) is 20.4 Å². The first-order valence-electron chi connectivity index (χ1n) is 7.39. The quantitative estimate of drug-likeness (QED) is 0.783. The molecule has 1 aromatic carbocycles. The second-order valence-corrected chi connectivity index (χ2v) is 5.36. The second-order valence-electron chi connectivity index (χ2n) is 5.36. The van der Waals surface area contributed by atoms with Crippen molar-refractivity contribution in [3.05, 3.63) is 41.2 Å². The lowest BCUT2D eigenvalue weighted by molar-refractivity contribution is -0.192. The van der Waals surface area contributed by atoms with Crippen LogP contribution in [-0.4, -0.2) is 54.8 Å². The molecule has 0 aromatic heterocycles. The molecule has 6 nitrogen and oxygen atoms in total. The fourth-order valence-corrected chi connectivity index (χ4v) is 1.98. The number of hydrogen-bond acceptors (Lipinski definition) is 4. The fraction of sp³-hybridized carbons (Fsp3) is 0.375. The van der Waals surface area contributed by atoms with Crippen molar-refractivity contribution in [1.82, 2.24) is 4.90 Å². The van der Waals surface area contributed by atoms with E-state index in [2.05, 4.69) is 0 Å². The molecule has 0 aliphatic carbocycles. The molecule has 1 heterocycles. The van der Waals surface area contributed by atoms with Gasteiger partial charge in [0.25, 0.3) is 5.91 Å². The van der Waals surface area contributed by atoms with Crippen molar-refractivity contribution in [3.63, 3.8) is 0 Å². The number of alkyl halides is 3. The average molecular weight is 378 g/mol. The third kappa shape index (κ3) is 6.03. The SMILES string of the molecule is CN1CCc2cc(OCC(=CF)CN)ccc2C1=O.O=C(O)C(F)(F)F. The van der Waals surface area contributed by atoms with Crippen LogP contribution in [0.2, 0.25) is 0 Å². The first kappa shape index (κ1) is 21.4. The number of nitrogens with zero attached hydrogens (tertiary/aromatic N) is 1. The number of carboxylic acid groups (broad SMARTS) is 1. The molecular formula is C16H18F4N2O4. The van der Waals surface area contributed by atoms with Gasteiger partial charge in [-0.25, -0.2) is 9.18 Å². The fourth-order valence-electron chi connectivity index (χ4n) is 1.98. The number of aliphatic carboxylic acids is 1. The molecule has 0 saturated heterocycles.